The molecule has 3 nitrogen and oxygen atoms in total. The summed E-state index contributed by atoms with van der Waals surface area (Å²) >= 11 is 8.38. The van der Waals surface area contributed by atoms with Crippen molar-refractivity contribution in [3.8, 4) is 6.19 Å². The summed E-state index contributed by atoms with van der Waals surface area (Å²) in [5.41, 5.74) is 3.07. The molecule has 1 aromatic rings. The smallest absolute Gasteiger partial charge is 0.183 e. The number of hydrogen-bond acceptors (Lipinski definition) is 3. The fourth-order valence-corrected chi connectivity index (χ4v) is 3.01. The molecule has 0 aliphatic heterocycles. The van der Waals surface area contributed by atoms with Crippen LogP contribution in [0.3, 0.4) is 0 Å². The summed E-state index contributed by atoms with van der Waals surface area (Å²) in [6.45, 7) is 4.04. The van der Waals surface area contributed by atoms with Crippen LogP contribution in [-0.4, -0.2) is 11.4 Å². The lowest BCUT2D eigenvalue weighted by molar-refractivity contribution is 1.24. The van der Waals surface area contributed by atoms with Crippen LogP contribution in [0.15, 0.2) is 20.0 Å². The molecule has 17 heavy (non-hydrogen) atoms. The molecule has 1 rings (SSSR count). The number of amidine groups is 1. The summed E-state index contributed by atoms with van der Waals surface area (Å²) in [6.07, 6.45) is 3.75. The first-order valence-corrected chi connectivity index (χ1v) is 7.55. The fourth-order valence-electron chi connectivity index (χ4n) is 1.23. The number of nitriles is 1. The van der Waals surface area contributed by atoms with E-state index in [-0.39, 0.29) is 0 Å². The highest BCUT2D eigenvalue weighted by Crippen LogP contribution is 2.36. The Hall–Kier alpha value is -0.510. The van der Waals surface area contributed by atoms with Crippen LogP contribution in [0.4, 0.5) is 5.69 Å². The Morgan fingerprint density at radius 3 is 2.53 bits per heavy atom. The van der Waals surface area contributed by atoms with E-state index in [1.54, 1.807) is 0 Å². The predicted molar refractivity (Wildman–Crippen MR) is 80.7 cm³/mol. The third-order valence-corrected chi connectivity index (χ3v) is 4.33. The first-order chi connectivity index (χ1) is 8.01. The van der Waals surface area contributed by atoms with Crippen molar-refractivity contribution >= 4 is 54.5 Å². The van der Waals surface area contributed by atoms with Gasteiger partial charge in [-0.3, -0.25) is 5.32 Å². The molecule has 1 N–H and O–H groups in total. The van der Waals surface area contributed by atoms with E-state index in [9.17, 15) is 0 Å². The van der Waals surface area contributed by atoms with E-state index in [1.807, 2.05) is 32.4 Å². The van der Waals surface area contributed by atoms with Gasteiger partial charge in [0.25, 0.3) is 0 Å². The maximum absolute atomic E-state index is 8.61. The minimum absolute atomic E-state index is 0.582. The number of nitrogens with zero attached hydrogens (tertiary/aromatic N) is 2. The molecule has 90 valence electrons. The first-order valence-electron chi connectivity index (χ1n) is 4.74. The Morgan fingerprint density at radius 2 is 2.00 bits per heavy atom. The molecule has 0 aliphatic rings. The van der Waals surface area contributed by atoms with Gasteiger partial charge >= 0.3 is 0 Å². The van der Waals surface area contributed by atoms with E-state index in [1.165, 1.54) is 11.8 Å². The second-order valence-corrected chi connectivity index (χ2v) is 5.80. The highest BCUT2D eigenvalue weighted by atomic mass is 79.9. The molecule has 0 aromatic heterocycles. The van der Waals surface area contributed by atoms with Gasteiger partial charge in [-0.2, -0.15) is 5.26 Å². The van der Waals surface area contributed by atoms with Gasteiger partial charge < -0.3 is 0 Å². The summed E-state index contributed by atoms with van der Waals surface area (Å²) in [6, 6.07) is 1.96. The van der Waals surface area contributed by atoms with Crippen LogP contribution in [0, 0.1) is 25.3 Å². The van der Waals surface area contributed by atoms with E-state index >= 15 is 0 Å². The molecule has 0 fully saturated rings. The van der Waals surface area contributed by atoms with Crippen molar-refractivity contribution in [2.24, 2.45) is 4.99 Å². The van der Waals surface area contributed by atoms with Gasteiger partial charge in [0.1, 0.15) is 0 Å². The number of nitrogens with one attached hydrogen (secondary N) is 1. The molecule has 0 aliphatic carbocycles. The Bertz CT molecular complexity index is 506. The van der Waals surface area contributed by atoms with Crippen molar-refractivity contribution in [2.45, 2.75) is 13.8 Å². The predicted octanol–water partition coefficient (Wildman–Crippen LogP) is 4.25. The van der Waals surface area contributed by atoms with E-state index in [0.717, 1.165) is 25.8 Å². The van der Waals surface area contributed by atoms with Gasteiger partial charge in [-0.1, -0.05) is 27.7 Å². The van der Waals surface area contributed by atoms with Gasteiger partial charge in [0.15, 0.2) is 11.4 Å². The Balaban J connectivity index is 3.33. The minimum Gasteiger partial charge on any atom is -0.271 e. The molecule has 1 aromatic carbocycles. The summed E-state index contributed by atoms with van der Waals surface area (Å²) < 4.78 is 1.94. The molecule has 0 unspecified atom stereocenters. The molecule has 0 saturated carbocycles. The average molecular weight is 377 g/mol. The summed E-state index contributed by atoms with van der Waals surface area (Å²) in [4.78, 5) is 4.45. The number of rotatable bonds is 1. The van der Waals surface area contributed by atoms with Crippen LogP contribution in [-0.2, 0) is 0 Å². The molecular weight excluding hydrogens is 366 g/mol. The molecule has 0 saturated heterocycles. The standard InChI is InChI=1S/C11H11Br2N3S/c1-6-7(2)10(9(13)4-8(6)12)16-11(17-3)15-5-14/h4H,1-3H3,(H,15,16). The number of halogens is 2. The maximum Gasteiger partial charge on any atom is 0.183 e. The zero-order chi connectivity index (χ0) is 13.0. The fraction of sp³-hybridized carbons (Fsp3) is 0.273. The highest BCUT2D eigenvalue weighted by Gasteiger charge is 2.10. The van der Waals surface area contributed by atoms with Crippen molar-refractivity contribution in [3.63, 3.8) is 0 Å². The Morgan fingerprint density at radius 1 is 1.35 bits per heavy atom. The zero-order valence-electron chi connectivity index (χ0n) is 9.64. The molecular formula is C11H11Br2N3S. The van der Waals surface area contributed by atoms with Crippen molar-refractivity contribution in [2.75, 3.05) is 6.26 Å². The largest absolute Gasteiger partial charge is 0.271 e. The molecule has 0 atom stereocenters. The van der Waals surface area contributed by atoms with Crippen molar-refractivity contribution in [1.29, 1.82) is 5.26 Å². The number of hydrogen-bond donors (Lipinski definition) is 1. The van der Waals surface area contributed by atoms with E-state index < -0.39 is 0 Å². The van der Waals surface area contributed by atoms with Crippen molar-refractivity contribution < 1.29 is 0 Å². The summed E-state index contributed by atoms with van der Waals surface area (Å²) in [5, 5.41) is 11.7. The monoisotopic (exact) mass is 375 g/mol. The number of benzene rings is 1. The normalized spacial score (nSPS) is 11.2. The van der Waals surface area contributed by atoms with Gasteiger partial charge in [0.05, 0.1) is 5.69 Å². The van der Waals surface area contributed by atoms with Gasteiger partial charge in [-0.05, 0) is 53.2 Å². The van der Waals surface area contributed by atoms with Crippen LogP contribution in [0.5, 0.6) is 0 Å². The third-order valence-electron chi connectivity index (χ3n) is 2.33. The minimum atomic E-state index is 0.582. The molecule has 6 heteroatoms. The van der Waals surface area contributed by atoms with Crippen LogP contribution >= 0.6 is 43.6 Å². The quantitative estimate of drug-likeness (QED) is 0.345. The zero-order valence-corrected chi connectivity index (χ0v) is 13.6. The highest BCUT2D eigenvalue weighted by molar-refractivity contribution is 9.11. The second-order valence-electron chi connectivity index (χ2n) is 3.30. The molecule has 0 radical (unpaired) electrons. The van der Waals surface area contributed by atoms with Gasteiger partial charge in [0.2, 0.25) is 0 Å². The van der Waals surface area contributed by atoms with Crippen molar-refractivity contribution in [3.05, 3.63) is 26.1 Å². The summed E-state index contributed by atoms with van der Waals surface area (Å²) in [7, 11) is 0. The Labute approximate surface area is 122 Å². The maximum atomic E-state index is 8.61. The lowest BCUT2D eigenvalue weighted by Crippen LogP contribution is -2.12. The van der Waals surface area contributed by atoms with Crippen LogP contribution in [0.1, 0.15) is 11.1 Å². The molecule has 0 heterocycles. The molecule has 0 amide bonds. The van der Waals surface area contributed by atoms with Crippen molar-refractivity contribution in [1.82, 2.24) is 5.32 Å². The molecule has 0 bridgehead atoms. The van der Waals surface area contributed by atoms with E-state index in [0.29, 0.717) is 5.17 Å². The Kier molecular flexibility index (Phi) is 5.50. The van der Waals surface area contributed by atoms with Gasteiger partial charge in [0, 0.05) is 8.95 Å². The van der Waals surface area contributed by atoms with Crippen LogP contribution < -0.4 is 5.32 Å². The lowest BCUT2D eigenvalue weighted by Gasteiger charge is -2.10. The van der Waals surface area contributed by atoms with Crippen LogP contribution in [0.2, 0.25) is 0 Å². The van der Waals surface area contributed by atoms with E-state index in [4.69, 9.17) is 5.26 Å². The average Bonchev–Trinajstić information content (AvgIpc) is 2.30. The number of aliphatic imine (C=N–C) groups is 1. The van der Waals surface area contributed by atoms with Crippen LogP contribution in [0.25, 0.3) is 0 Å². The first kappa shape index (κ1) is 14.6. The topological polar surface area (TPSA) is 48.2 Å². The molecule has 0 spiro atoms. The summed E-state index contributed by atoms with van der Waals surface area (Å²) in [5.74, 6) is 0. The lowest BCUT2D eigenvalue weighted by atomic mass is 10.1. The number of thioether (sulfide) groups is 1. The van der Waals surface area contributed by atoms with Gasteiger partial charge in [-0.25, -0.2) is 4.99 Å². The second kappa shape index (κ2) is 6.43. The third kappa shape index (κ3) is 3.47. The SMILES string of the molecule is CSC(=Nc1c(Br)cc(Br)c(C)c1C)NC#N. The van der Waals surface area contributed by atoms with E-state index in [2.05, 4.69) is 42.2 Å². The van der Waals surface area contributed by atoms with Gasteiger partial charge in [-0.15, -0.1) is 0 Å².